The fourth-order valence-corrected chi connectivity index (χ4v) is 1.14. The maximum atomic E-state index is 11.2. The van der Waals surface area contributed by atoms with Crippen LogP contribution in [0, 0.1) is 0 Å². The van der Waals surface area contributed by atoms with Gasteiger partial charge in [-0.3, -0.25) is 19.2 Å². The van der Waals surface area contributed by atoms with Crippen molar-refractivity contribution in [3.05, 3.63) is 41.5 Å². The molecule has 0 bridgehead atoms. The summed E-state index contributed by atoms with van der Waals surface area (Å²) in [6.07, 6.45) is 2.72. The van der Waals surface area contributed by atoms with E-state index in [9.17, 15) is 14.4 Å². The van der Waals surface area contributed by atoms with Gasteiger partial charge in [-0.15, -0.1) is 0 Å². The maximum Gasteiger partial charge on any atom is 0.267 e. The first-order valence-electron chi connectivity index (χ1n) is 5.27. The van der Waals surface area contributed by atoms with E-state index >= 15 is 0 Å². The van der Waals surface area contributed by atoms with E-state index in [0.717, 1.165) is 0 Å². The molecule has 0 aliphatic rings. The Morgan fingerprint density at radius 3 is 2.32 bits per heavy atom. The lowest BCUT2D eigenvalue weighted by molar-refractivity contribution is -0.134. The van der Waals surface area contributed by atoms with Gasteiger partial charge in [0.1, 0.15) is 0 Å². The minimum Gasteiger partial charge on any atom is -0.368 e. The Morgan fingerprint density at radius 1 is 1.16 bits per heavy atom. The van der Waals surface area contributed by atoms with Crippen LogP contribution in [-0.2, 0) is 14.4 Å². The number of nitrogens with one attached hydrogen (secondary N) is 1. The molecule has 3 amide bonds. The summed E-state index contributed by atoms with van der Waals surface area (Å²) < 4.78 is 0. The van der Waals surface area contributed by atoms with Gasteiger partial charge in [-0.1, -0.05) is 12.1 Å². The second-order valence-electron chi connectivity index (χ2n) is 3.54. The Hall–Kier alpha value is -2.67. The summed E-state index contributed by atoms with van der Waals surface area (Å²) in [6.45, 7) is -0.396. The van der Waals surface area contributed by atoms with Gasteiger partial charge in [0.2, 0.25) is 11.8 Å². The summed E-state index contributed by atoms with van der Waals surface area (Å²) in [5.41, 5.74) is 13.0. The van der Waals surface area contributed by atoms with Crippen molar-refractivity contribution in [2.75, 3.05) is 6.61 Å². The molecule has 0 atom stereocenters. The minimum absolute atomic E-state index is 0.381. The first-order chi connectivity index (χ1) is 8.99. The zero-order valence-corrected chi connectivity index (χ0v) is 9.96. The van der Waals surface area contributed by atoms with Gasteiger partial charge in [0.05, 0.1) is 0 Å². The van der Waals surface area contributed by atoms with Gasteiger partial charge < -0.3 is 11.5 Å². The molecular formula is C12H13N3O4. The third kappa shape index (κ3) is 5.46. The summed E-state index contributed by atoms with van der Waals surface area (Å²) in [5.74, 6) is -1.75. The molecule has 0 spiro atoms. The van der Waals surface area contributed by atoms with E-state index in [2.05, 4.69) is 4.84 Å². The number of carbonyl (C=O) groups excluding carboxylic acids is 3. The van der Waals surface area contributed by atoms with Crippen molar-refractivity contribution in [1.82, 2.24) is 5.48 Å². The SMILES string of the molecule is NC(=O)CONC(=O)/C=C/c1ccc(C(N)=O)cc1. The van der Waals surface area contributed by atoms with Crippen molar-refractivity contribution in [3.63, 3.8) is 0 Å². The first kappa shape index (κ1) is 14.4. The molecule has 100 valence electrons. The summed E-state index contributed by atoms with van der Waals surface area (Å²) in [6, 6.07) is 6.36. The van der Waals surface area contributed by atoms with Crippen molar-refractivity contribution in [3.8, 4) is 0 Å². The molecule has 5 N–H and O–H groups in total. The van der Waals surface area contributed by atoms with Crippen molar-refractivity contribution < 1.29 is 19.2 Å². The average molecular weight is 263 g/mol. The van der Waals surface area contributed by atoms with Crippen LogP contribution in [0.25, 0.3) is 6.08 Å². The predicted octanol–water partition coefficient (Wildman–Crippen LogP) is -0.668. The highest BCUT2D eigenvalue weighted by Crippen LogP contribution is 2.05. The van der Waals surface area contributed by atoms with Gasteiger partial charge in [-0.2, -0.15) is 0 Å². The predicted molar refractivity (Wildman–Crippen MR) is 67.3 cm³/mol. The zero-order valence-electron chi connectivity index (χ0n) is 9.96. The second-order valence-corrected chi connectivity index (χ2v) is 3.54. The van der Waals surface area contributed by atoms with Gasteiger partial charge in [0.25, 0.3) is 5.91 Å². The summed E-state index contributed by atoms with van der Waals surface area (Å²) in [5, 5.41) is 0. The van der Waals surface area contributed by atoms with Gasteiger partial charge in [0.15, 0.2) is 6.61 Å². The number of primary amides is 2. The Morgan fingerprint density at radius 2 is 1.79 bits per heavy atom. The minimum atomic E-state index is -0.689. The zero-order chi connectivity index (χ0) is 14.3. The molecule has 0 aliphatic carbocycles. The quantitative estimate of drug-likeness (QED) is 0.465. The molecule has 0 saturated carbocycles. The van der Waals surface area contributed by atoms with Crippen LogP contribution < -0.4 is 16.9 Å². The number of hydrogen-bond acceptors (Lipinski definition) is 4. The molecule has 1 aromatic rings. The van der Waals surface area contributed by atoms with Crippen LogP contribution >= 0.6 is 0 Å². The third-order valence-electron chi connectivity index (χ3n) is 2.01. The molecule has 0 aliphatic heterocycles. The fraction of sp³-hybridized carbons (Fsp3) is 0.0833. The standard InChI is InChI=1S/C12H13N3O4/c13-10(16)7-19-15-11(17)6-3-8-1-4-9(5-2-8)12(14)18/h1-6H,7H2,(H2,13,16)(H2,14,18)(H,15,17)/b6-3+. The van der Waals surface area contributed by atoms with E-state index in [1.165, 1.54) is 12.2 Å². The largest absolute Gasteiger partial charge is 0.368 e. The molecule has 0 aromatic heterocycles. The Balaban J connectivity index is 2.49. The summed E-state index contributed by atoms with van der Waals surface area (Å²) >= 11 is 0. The van der Waals surface area contributed by atoms with Crippen LogP contribution in [0.15, 0.2) is 30.3 Å². The van der Waals surface area contributed by atoms with E-state index in [1.54, 1.807) is 24.3 Å². The number of benzene rings is 1. The van der Waals surface area contributed by atoms with E-state index in [4.69, 9.17) is 11.5 Å². The van der Waals surface area contributed by atoms with Crippen LogP contribution in [0.3, 0.4) is 0 Å². The molecule has 19 heavy (non-hydrogen) atoms. The summed E-state index contributed by atoms with van der Waals surface area (Å²) in [4.78, 5) is 36.9. The van der Waals surface area contributed by atoms with Crippen LogP contribution in [0.5, 0.6) is 0 Å². The number of carbonyl (C=O) groups is 3. The van der Waals surface area contributed by atoms with Crippen LogP contribution in [0.1, 0.15) is 15.9 Å². The van der Waals surface area contributed by atoms with E-state index < -0.39 is 24.3 Å². The molecular weight excluding hydrogens is 250 g/mol. The molecule has 0 fully saturated rings. The molecule has 7 heteroatoms. The lowest BCUT2D eigenvalue weighted by Crippen LogP contribution is -2.28. The highest BCUT2D eigenvalue weighted by molar-refractivity contribution is 5.93. The molecule has 7 nitrogen and oxygen atoms in total. The monoisotopic (exact) mass is 263 g/mol. The van der Waals surface area contributed by atoms with Crippen molar-refractivity contribution in [1.29, 1.82) is 0 Å². The molecule has 0 saturated heterocycles. The van der Waals surface area contributed by atoms with Crippen molar-refractivity contribution in [2.24, 2.45) is 11.5 Å². The number of hydrogen-bond donors (Lipinski definition) is 3. The molecule has 0 radical (unpaired) electrons. The second kappa shape index (κ2) is 6.92. The van der Waals surface area contributed by atoms with Crippen molar-refractivity contribution >= 4 is 23.8 Å². The molecule has 0 heterocycles. The summed E-state index contributed by atoms with van der Waals surface area (Å²) in [7, 11) is 0. The normalized spacial score (nSPS) is 10.3. The van der Waals surface area contributed by atoms with Gasteiger partial charge in [-0.05, 0) is 23.8 Å². The average Bonchev–Trinajstić information content (AvgIpc) is 2.36. The number of hydroxylamine groups is 1. The Bertz CT molecular complexity index is 508. The van der Waals surface area contributed by atoms with E-state index in [-0.39, 0.29) is 0 Å². The highest BCUT2D eigenvalue weighted by Gasteiger charge is 1.99. The van der Waals surface area contributed by atoms with Gasteiger partial charge >= 0.3 is 0 Å². The fourth-order valence-electron chi connectivity index (χ4n) is 1.14. The lowest BCUT2D eigenvalue weighted by atomic mass is 10.1. The van der Waals surface area contributed by atoms with Crippen LogP contribution in [-0.4, -0.2) is 24.3 Å². The van der Waals surface area contributed by atoms with E-state index in [1.807, 2.05) is 5.48 Å². The van der Waals surface area contributed by atoms with Gasteiger partial charge in [-0.25, -0.2) is 5.48 Å². The van der Waals surface area contributed by atoms with Crippen molar-refractivity contribution in [2.45, 2.75) is 0 Å². The lowest BCUT2D eigenvalue weighted by Gasteiger charge is -2.00. The number of rotatable bonds is 6. The Labute approximate surface area is 109 Å². The Kier molecular flexibility index (Phi) is 5.24. The first-order valence-corrected chi connectivity index (χ1v) is 5.27. The number of nitrogens with two attached hydrogens (primary N) is 2. The highest BCUT2D eigenvalue weighted by atomic mass is 16.7. The third-order valence-corrected chi connectivity index (χ3v) is 2.01. The number of amides is 3. The smallest absolute Gasteiger partial charge is 0.267 e. The molecule has 0 unspecified atom stereocenters. The van der Waals surface area contributed by atoms with Crippen LogP contribution in [0.4, 0.5) is 0 Å². The molecule has 1 rings (SSSR count). The topological polar surface area (TPSA) is 125 Å². The van der Waals surface area contributed by atoms with Crippen LogP contribution in [0.2, 0.25) is 0 Å². The molecule has 1 aromatic carbocycles. The van der Waals surface area contributed by atoms with Gasteiger partial charge in [0, 0.05) is 11.6 Å². The van der Waals surface area contributed by atoms with E-state index in [0.29, 0.717) is 11.1 Å². The maximum absolute atomic E-state index is 11.2.